The molecule has 0 aromatic heterocycles. The molecule has 0 atom stereocenters. The third-order valence-corrected chi connectivity index (χ3v) is 2.93. The highest BCUT2D eigenvalue weighted by Gasteiger charge is 2.00. The molecule has 0 unspecified atom stereocenters. The van der Waals surface area contributed by atoms with Crippen LogP contribution in [0.4, 0.5) is 5.69 Å². The van der Waals surface area contributed by atoms with Crippen molar-refractivity contribution in [1.29, 1.82) is 5.26 Å². The molecule has 0 saturated carbocycles. The second-order valence-corrected chi connectivity index (χ2v) is 4.48. The summed E-state index contributed by atoms with van der Waals surface area (Å²) in [5.74, 6) is 0. The van der Waals surface area contributed by atoms with E-state index in [1.165, 1.54) is 11.1 Å². The zero-order valence-corrected chi connectivity index (χ0v) is 10.7. The number of aryl methyl sites for hydroxylation is 2. The Kier molecular flexibility index (Phi) is 3.64. The topological polar surface area (TPSA) is 35.8 Å². The lowest BCUT2D eigenvalue weighted by atomic mass is 10.1. The molecule has 90 valence electrons. The number of nitrogens with zero attached hydrogens (tertiary/aromatic N) is 1. The maximum absolute atomic E-state index is 8.90. The number of benzene rings is 2. The number of nitrogens with one attached hydrogen (secondary N) is 1. The first kappa shape index (κ1) is 12.2. The van der Waals surface area contributed by atoms with Gasteiger partial charge in [0.1, 0.15) is 0 Å². The van der Waals surface area contributed by atoms with E-state index < -0.39 is 0 Å². The molecule has 2 nitrogen and oxygen atoms in total. The third kappa shape index (κ3) is 2.89. The minimum Gasteiger partial charge on any atom is -0.381 e. The van der Waals surface area contributed by atoms with Crippen LogP contribution >= 0.6 is 0 Å². The SMILES string of the molecule is Cc1cccc(CNc2cc(C#N)ccc2C)c1. The van der Waals surface area contributed by atoms with Gasteiger partial charge < -0.3 is 5.32 Å². The van der Waals surface area contributed by atoms with Crippen molar-refractivity contribution in [3.8, 4) is 6.07 Å². The standard InChI is InChI=1S/C16H16N2/c1-12-4-3-5-15(8-12)11-18-16-9-14(10-17)7-6-13(16)2/h3-9,18H,11H2,1-2H3. The van der Waals surface area contributed by atoms with E-state index in [0.717, 1.165) is 17.8 Å². The zero-order valence-electron chi connectivity index (χ0n) is 10.7. The van der Waals surface area contributed by atoms with Crippen LogP contribution in [-0.2, 0) is 6.54 Å². The molecular formula is C16H16N2. The van der Waals surface area contributed by atoms with Crippen LogP contribution in [0.15, 0.2) is 42.5 Å². The molecule has 18 heavy (non-hydrogen) atoms. The minimum atomic E-state index is 0.687. The summed E-state index contributed by atoms with van der Waals surface area (Å²) >= 11 is 0. The van der Waals surface area contributed by atoms with E-state index >= 15 is 0 Å². The van der Waals surface area contributed by atoms with Crippen molar-refractivity contribution in [2.24, 2.45) is 0 Å². The lowest BCUT2D eigenvalue weighted by Gasteiger charge is -2.10. The fourth-order valence-corrected chi connectivity index (χ4v) is 1.90. The number of anilines is 1. The Morgan fingerprint density at radius 1 is 1.11 bits per heavy atom. The molecule has 0 spiro atoms. The molecule has 0 radical (unpaired) electrons. The zero-order chi connectivity index (χ0) is 13.0. The molecule has 2 heteroatoms. The van der Waals surface area contributed by atoms with E-state index in [1.54, 1.807) is 0 Å². The molecule has 0 heterocycles. The molecule has 2 aromatic rings. The Morgan fingerprint density at radius 2 is 1.94 bits per heavy atom. The summed E-state index contributed by atoms with van der Waals surface area (Å²) in [6.45, 7) is 4.90. The van der Waals surface area contributed by atoms with Crippen LogP contribution < -0.4 is 5.32 Å². The quantitative estimate of drug-likeness (QED) is 0.880. The molecule has 0 saturated heterocycles. The molecule has 0 aliphatic rings. The van der Waals surface area contributed by atoms with Crippen LogP contribution in [0.1, 0.15) is 22.3 Å². The van der Waals surface area contributed by atoms with Crippen molar-refractivity contribution in [1.82, 2.24) is 0 Å². The molecule has 0 amide bonds. The van der Waals surface area contributed by atoms with Crippen LogP contribution in [-0.4, -0.2) is 0 Å². The number of nitriles is 1. The maximum atomic E-state index is 8.90. The Morgan fingerprint density at radius 3 is 2.67 bits per heavy atom. The van der Waals surface area contributed by atoms with Gasteiger partial charge in [-0.05, 0) is 37.1 Å². The van der Waals surface area contributed by atoms with Gasteiger partial charge in [-0.25, -0.2) is 0 Å². The van der Waals surface area contributed by atoms with Gasteiger partial charge in [-0.1, -0.05) is 35.9 Å². The summed E-state index contributed by atoms with van der Waals surface area (Å²) in [6.07, 6.45) is 0. The van der Waals surface area contributed by atoms with E-state index in [0.29, 0.717) is 5.56 Å². The lowest BCUT2D eigenvalue weighted by Crippen LogP contribution is -2.01. The summed E-state index contributed by atoms with van der Waals surface area (Å²) in [5, 5.41) is 12.3. The first-order valence-electron chi connectivity index (χ1n) is 5.99. The monoisotopic (exact) mass is 236 g/mol. The minimum absolute atomic E-state index is 0.687. The molecule has 0 aliphatic heterocycles. The first-order chi connectivity index (χ1) is 8.69. The third-order valence-electron chi connectivity index (χ3n) is 2.93. The van der Waals surface area contributed by atoms with Crippen LogP contribution in [0.3, 0.4) is 0 Å². The van der Waals surface area contributed by atoms with Crippen molar-refractivity contribution < 1.29 is 0 Å². The van der Waals surface area contributed by atoms with Crippen LogP contribution in [0.25, 0.3) is 0 Å². The van der Waals surface area contributed by atoms with Gasteiger partial charge in [0.15, 0.2) is 0 Å². The van der Waals surface area contributed by atoms with E-state index in [2.05, 4.69) is 42.6 Å². The van der Waals surface area contributed by atoms with Gasteiger partial charge in [-0.3, -0.25) is 0 Å². The van der Waals surface area contributed by atoms with Crippen molar-refractivity contribution in [3.63, 3.8) is 0 Å². The molecular weight excluding hydrogens is 220 g/mol. The fraction of sp³-hybridized carbons (Fsp3) is 0.188. The Labute approximate surface area is 108 Å². The van der Waals surface area contributed by atoms with Crippen molar-refractivity contribution >= 4 is 5.69 Å². The van der Waals surface area contributed by atoms with Crippen LogP contribution in [0.5, 0.6) is 0 Å². The number of rotatable bonds is 3. The van der Waals surface area contributed by atoms with Gasteiger partial charge in [0.25, 0.3) is 0 Å². The smallest absolute Gasteiger partial charge is 0.0992 e. The Hall–Kier alpha value is -2.27. The lowest BCUT2D eigenvalue weighted by molar-refractivity contribution is 1.13. The average molecular weight is 236 g/mol. The van der Waals surface area contributed by atoms with E-state index in [4.69, 9.17) is 5.26 Å². The van der Waals surface area contributed by atoms with Gasteiger partial charge >= 0.3 is 0 Å². The molecule has 2 rings (SSSR count). The summed E-state index contributed by atoms with van der Waals surface area (Å²) in [4.78, 5) is 0. The number of hydrogen-bond donors (Lipinski definition) is 1. The normalized spacial score (nSPS) is 9.83. The predicted molar refractivity (Wildman–Crippen MR) is 74.4 cm³/mol. The molecule has 0 fully saturated rings. The largest absolute Gasteiger partial charge is 0.381 e. The summed E-state index contributed by atoms with van der Waals surface area (Å²) in [7, 11) is 0. The average Bonchev–Trinajstić information content (AvgIpc) is 2.38. The molecule has 1 N–H and O–H groups in total. The second-order valence-electron chi connectivity index (χ2n) is 4.48. The first-order valence-corrected chi connectivity index (χ1v) is 5.99. The fourth-order valence-electron chi connectivity index (χ4n) is 1.90. The molecule has 0 bridgehead atoms. The van der Waals surface area contributed by atoms with Crippen molar-refractivity contribution in [3.05, 3.63) is 64.7 Å². The Balaban J connectivity index is 2.13. The Bertz CT molecular complexity index is 594. The molecule has 0 aliphatic carbocycles. The summed E-state index contributed by atoms with van der Waals surface area (Å²) in [5.41, 5.74) is 5.37. The van der Waals surface area contributed by atoms with Crippen LogP contribution in [0.2, 0.25) is 0 Å². The molecule has 2 aromatic carbocycles. The highest BCUT2D eigenvalue weighted by atomic mass is 14.9. The van der Waals surface area contributed by atoms with E-state index in [-0.39, 0.29) is 0 Å². The van der Waals surface area contributed by atoms with Gasteiger partial charge in [-0.2, -0.15) is 5.26 Å². The maximum Gasteiger partial charge on any atom is 0.0992 e. The summed E-state index contributed by atoms with van der Waals surface area (Å²) in [6, 6.07) is 16.3. The highest BCUT2D eigenvalue weighted by molar-refractivity contribution is 5.55. The van der Waals surface area contributed by atoms with Crippen molar-refractivity contribution in [2.45, 2.75) is 20.4 Å². The van der Waals surface area contributed by atoms with Gasteiger partial charge in [-0.15, -0.1) is 0 Å². The van der Waals surface area contributed by atoms with Gasteiger partial charge in [0.05, 0.1) is 11.6 Å². The summed E-state index contributed by atoms with van der Waals surface area (Å²) < 4.78 is 0. The van der Waals surface area contributed by atoms with Gasteiger partial charge in [0, 0.05) is 12.2 Å². The second kappa shape index (κ2) is 5.37. The highest BCUT2D eigenvalue weighted by Crippen LogP contribution is 2.17. The van der Waals surface area contributed by atoms with Crippen molar-refractivity contribution in [2.75, 3.05) is 5.32 Å². The predicted octanol–water partition coefficient (Wildman–Crippen LogP) is 3.79. The van der Waals surface area contributed by atoms with E-state index in [9.17, 15) is 0 Å². The van der Waals surface area contributed by atoms with E-state index in [1.807, 2.05) is 25.1 Å². The van der Waals surface area contributed by atoms with Crippen LogP contribution in [0, 0.1) is 25.2 Å². The van der Waals surface area contributed by atoms with Gasteiger partial charge in [0.2, 0.25) is 0 Å². The number of hydrogen-bond acceptors (Lipinski definition) is 2.